The first kappa shape index (κ1) is 22.9. The van der Waals surface area contributed by atoms with E-state index >= 15 is 0 Å². The number of fused-ring (bicyclic) bond motifs is 1. The highest BCUT2D eigenvalue weighted by atomic mass is 16.5. The monoisotopic (exact) mass is 419 g/mol. The van der Waals surface area contributed by atoms with Crippen LogP contribution in [0, 0.1) is 11.8 Å². The molecular formula is C27H33NO3. The maximum absolute atomic E-state index is 10.9. The summed E-state index contributed by atoms with van der Waals surface area (Å²) in [4.78, 5) is 13.1. The number of carbonyl (C=O) groups is 1. The second-order valence-electron chi connectivity index (χ2n) is 9.52. The third-order valence-electron chi connectivity index (χ3n) is 5.89. The van der Waals surface area contributed by atoms with Crippen LogP contribution in [-0.4, -0.2) is 36.2 Å². The third-order valence-corrected chi connectivity index (χ3v) is 5.89. The summed E-state index contributed by atoms with van der Waals surface area (Å²) in [5.41, 5.74) is 5.25. The largest absolute Gasteiger partial charge is 0.491 e. The molecule has 1 aliphatic carbocycles. The van der Waals surface area contributed by atoms with Gasteiger partial charge in [-0.25, -0.2) is 0 Å². The van der Waals surface area contributed by atoms with Crippen LogP contribution in [0.1, 0.15) is 74.4 Å². The summed E-state index contributed by atoms with van der Waals surface area (Å²) in [5.74, 6) is 6.63. The molecule has 4 nitrogen and oxygen atoms in total. The van der Waals surface area contributed by atoms with E-state index in [1.165, 1.54) is 11.1 Å². The summed E-state index contributed by atoms with van der Waals surface area (Å²) in [5, 5.41) is 8.93. The molecule has 0 radical (unpaired) electrons. The van der Waals surface area contributed by atoms with Gasteiger partial charge in [-0.2, -0.15) is 0 Å². The van der Waals surface area contributed by atoms with Crippen molar-refractivity contribution in [3.05, 3.63) is 64.2 Å². The molecule has 164 valence electrons. The van der Waals surface area contributed by atoms with Crippen molar-refractivity contribution in [2.75, 3.05) is 14.1 Å². The normalized spacial score (nSPS) is 17.1. The lowest BCUT2D eigenvalue weighted by atomic mass is 9.70. The number of carboxylic acids is 1. The van der Waals surface area contributed by atoms with Gasteiger partial charge in [0.05, 0.1) is 12.5 Å². The fourth-order valence-corrected chi connectivity index (χ4v) is 4.27. The van der Waals surface area contributed by atoms with Crippen molar-refractivity contribution in [3.8, 4) is 17.6 Å². The van der Waals surface area contributed by atoms with E-state index < -0.39 is 5.97 Å². The van der Waals surface area contributed by atoms with Gasteiger partial charge >= 0.3 is 5.97 Å². The average Bonchev–Trinajstić information content (AvgIpc) is 2.67. The standard InChI is InChI=1S/C27H33NO3/c1-18(2)31-24-16-21(12-9-19-7-10-20(11-8-19)17-25(29)30)15-22-26(24)23(28(5)6)13-14-27(22,3)4/h7-8,10-11,15-16,18,23H,13-14,17H2,1-6H3,(H,29,30). The van der Waals surface area contributed by atoms with Gasteiger partial charge < -0.3 is 14.7 Å². The van der Waals surface area contributed by atoms with Crippen molar-refractivity contribution in [3.63, 3.8) is 0 Å². The van der Waals surface area contributed by atoms with Gasteiger partial charge in [0.25, 0.3) is 0 Å². The second kappa shape index (κ2) is 9.16. The maximum atomic E-state index is 10.9. The molecule has 31 heavy (non-hydrogen) atoms. The van der Waals surface area contributed by atoms with Crippen LogP contribution in [0.3, 0.4) is 0 Å². The minimum absolute atomic E-state index is 0.0244. The molecule has 2 aromatic rings. The molecule has 0 aliphatic heterocycles. The predicted molar refractivity (Wildman–Crippen MR) is 125 cm³/mol. The molecule has 1 N–H and O–H groups in total. The predicted octanol–water partition coefficient (Wildman–Crippen LogP) is 5.17. The maximum Gasteiger partial charge on any atom is 0.307 e. The lowest BCUT2D eigenvalue weighted by Gasteiger charge is -2.41. The molecule has 0 aromatic heterocycles. The van der Waals surface area contributed by atoms with Gasteiger partial charge in [-0.15, -0.1) is 0 Å². The van der Waals surface area contributed by atoms with E-state index in [0.29, 0.717) is 6.04 Å². The Hall–Kier alpha value is -2.77. The van der Waals surface area contributed by atoms with Crippen LogP contribution < -0.4 is 4.74 Å². The van der Waals surface area contributed by atoms with Gasteiger partial charge in [0.1, 0.15) is 5.75 Å². The summed E-state index contributed by atoms with van der Waals surface area (Å²) < 4.78 is 6.28. The first-order chi connectivity index (χ1) is 14.6. The Kier molecular flexibility index (Phi) is 6.77. The number of nitrogens with zero attached hydrogens (tertiary/aromatic N) is 1. The molecule has 0 bridgehead atoms. The SMILES string of the molecule is CC(C)Oc1cc(C#Cc2ccc(CC(=O)O)cc2)cc2c1C(N(C)C)CCC2(C)C. The highest BCUT2D eigenvalue weighted by Gasteiger charge is 2.36. The smallest absolute Gasteiger partial charge is 0.307 e. The molecule has 0 saturated carbocycles. The quantitative estimate of drug-likeness (QED) is 0.679. The van der Waals surface area contributed by atoms with Gasteiger partial charge in [0, 0.05) is 22.7 Å². The molecule has 2 aromatic carbocycles. The molecule has 4 heteroatoms. The van der Waals surface area contributed by atoms with E-state index in [9.17, 15) is 4.79 Å². The fourth-order valence-electron chi connectivity index (χ4n) is 4.27. The zero-order valence-electron chi connectivity index (χ0n) is 19.5. The summed E-state index contributed by atoms with van der Waals surface area (Å²) in [6.07, 6.45) is 2.33. The van der Waals surface area contributed by atoms with Crippen LogP contribution in [0.2, 0.25) is 0 Å². The number of carboxylic acid groups (broad SMARTS) is 1. The Bertz CT molecular complexity index is 1010. The van der Waals surface area contributed by atoms with Crippen molar-refractivity contribution in [2.45, 2.75) is 64.5 Å². The van der Waals surface area contributed by atoms with Crippen molar-refractivity contribution in [2.24, 2.45) is 0 Å². The Morgan fingerprint density at radius 3 is 2.39 bits per heavy atom. The summed E-state index contributed by atoms with van der Waals surface area (Å²) in [6, 6.07) is 12.0. The van der Waals surface area contributed by atoms with Gasteiger partial charge in [-0.1, -0.05) is 37.8 Å². The molecule has 0 amide bonds. The second-order valence-corrected chi connectivity index (χ2v) is 9.52. The molecule has 3 rings (SSSR count). The summed E-state index contributed by atoms with van der Waals surface area (Å²) >= 11 is 0. The first-order valence-corrected chi connectivity index (χ1v) is 10.9. The number of hydrogen-bond donors (Lipinski definition) is 1. The van der Waals surface area contributed by atoms with Crippen molar-refractivity contribution in [1.82, 2.24) is 4.90 Å². The van der Waals surface area contributed by atoms with E-state index in [1.807, 2.05) is 24.3 Å². The number of benzene rings is 2. The Balaban J connectivity index is 2.03. The topological polar surface area (TPSA) is 49.8 Å². The van der Waals surface area contributed by atoms with Crippen molar-refractivity contribution < 1.29 is 14.6 Å². The Morgan fingerprint density at radius 2 is 1.81 bits per heavy atom. The van der Waals surface area contributed by atoms with Crippen molar-refractivity contribution in [1.29, 1.82) is 0 Å². The fraction of sp³-hybridized carbons (Fsp3) is 0.444. The molecule has 0 heterocycles. The minimum Gasteiger partial charge on any atom is -0.491 e. The van der Waals surface area contributed by atoms with Crippen LogP contribution in [0.4, 0.5) is 0 Å². The average molecular weight is 420 g/mol. The highest BCUT2D eigenvalue weighted by molar-refractivity contribution is 5.70. The number of rotatable bonds is 5. The molecule has 1 unspecified atom stereocenters. The molecular weight excluding hydrogens is 386 g/mol. The molecule has 0 saturated heterocycles. The van der Waals surface area contributed by atoms with Crippen LogP contribution in [0.5, 0.6) is 5.75 Å². The highest BCUT2D eigenvalue weighted by Crippen LogP contribution is 2.47. The van der Waals surface area contributed by atoms with E-state index in [4.69, 9.17) is 9.84 Å². The molecule has 1 atom stereocenters. The molecule has 0 fully saturated rings. The van der Waals surface area contributed by atoms with Crippen LogP contribution >= 0.6 is 0 Å². The van der Waals surface area contributed by atoms with Crippen molar-refractivity contribution >= 4 is 5.97 Å². The number of hydrogen-bond acceptors (Lipinski definition) is 3. The van der Waals surface area contributed by atoms with Gasteiger partial charge in [0.15, 0.2) is 0 Å². The lowest BCUT2D eigenvalue weighted by Crippen LogP contribution is -2.33. The van der Waals surface area contributed by atoms with Crippen LogP contribution in [0.15, 0.2) is 36.4 Å². The van der Waals surface area contributed by atoms with Crippen LogP contribution in [-0.2, 0) is 16.6 Å². The molecule has 0 spiro atoms. The van der Waals surface area contributed by atoms with E-state index in [-0.39, 0.29) is 17.9 Å². The Morgan fingerprint density at radius 1 is 1.16 bits per heavy atom. The van der Waals surface area contributed by atoms with E-state index in [0.717, 1.165) is 35.3 Å². The summed E-state index contributed by atoms with van der Waals surface area (Å²) in [7, 11) is 4.27. The van der Waals surface area contributed by atoms with E-state index in [1.54, 1.807) is 0 Å². The zero-order chi connectivity index (χ0) is 22.8. The molecule has 1 aliphatic rings. The Labute approximate surface area is 186 Å². The van der Waals surface area contributed by atoms with Crippen LogP contribution in [0.25, 0.3) is 0 Å². The van der Waals surface area contributed by atoms with Gasteiger partial charge in [0.2, 0.25) is 0 Å². The summed E-state index contributed by atoms with van der Waals surface area (Å²) in [6.45, 7) is 8.72. The van der Waals surface area contributed by atoms with E-state index in [2.05, 4.69) is 70.7 Å². The van der Waals surface area contributed by atoms with Gasteiger partial charge in [-0.05, 0) is 81.6 Å². The number of aliphatic carboxylic acids is 1. The first-order valence-electron chi connectivity index (χ1n) is 10.9. The minimum atomic E-state index is -0.829. The third kappa shape index (κ3) is 5.48. The lowest BCUT2D eigenvalue weighted by molar-refractivity contribution is -0.136. The zero-order valence-corrected chi connectivity index (χ0v) is 19.5. The van der Waals surface area contributed by atoms with Gasteiger partial charge in [-0.3, -0.25) is 4.79 Å². The number of ether oxygens (including phenoxy) is 1.